The summed E-state index contributed by atoms with van der Waals surface area (Å²) in [6.45, 7) is 0.858. The lowest BCUT2D eigenvalue weighted by atomic mass is 10.1. The summed E-state index contributed by atoms with van der Waals surface area (Å²) in [5.41, 5.74) is 1.23. The highest BCUT2D eigenvalue weighted by molar-refractivity contribution is 5.97. The van der Waals surface area contributed by atoms with Crippen LogP contribution in [0.3, 0.4) is 0 Å². The lowest BCUT2D eigenvalue weighted by Gasteiger charge is -2.01. The first-order valence-electron chi connectivity index (χ1n) is 9.35. The van der Waals surface area contributed by atoms with Crippen molar-refractivity contribution < 1.29 is 19.1 Å². The van der Waals surface area contributed by atoms with Gasteiger partial charge in [0.2, 0.25) is 5.78 Å². The molecule has 142 valence electrons. The normalized spacial score (nSPS) is 10.1. The maximum absolute atomic E-state index is 11.9. The fraction of sp³-hybridized carbons (Fsp3) is 0.545. The molecule has 1 rings (SSSR count). The Bertz CT molecular complexity index is 610. The molecule has 1 aromatic rings. The lowest BCUT2D eigenvalue weighted by molar-refractivity contribution is -0.113. The third-order valence-electron chi connectivity index (χ3n) is 4.09. The average molecular weight is 358 g/mol. The highest BCUT2D eigenvalue weighted by Gasteiger charge is 2.07. The van der Waals surface area contributed by atoms with Crippen molar-refractivity contribution in [3.63, 3.8) is 0 Å². The number of ketones is 1. The number of rotatable bonds is 12. The van der Waals surface area contributed by atoms with Crippen molar-refractivity contribution in [1.29, 1.82) is 0 Å². The second-order valence-corrected chi connectivity index (χ2v) is 6.31. The number of methoxy groups -OCH3 is 2. The van der Waals surface area contributed by atoms with Gasteiger partial charge in [-0.3, -0.25) is 4.79 Å². The molecule has 4 nitrogen and oxygen atoms in total. The molecule has 0 radical (unpaired) electrons. The fourth-order valence-corrected chi connectivity index (χ4v) is 2.66. The Kier molecular flexibility index (Phi) is 11.9. The van der Waals surface area contributed by atoms with Crippen molar-refractivity contribution >= 4 is 11.8 Å². The van der Waals surface area contributed by atoms with Gasteiger partial charge in [0.25, 0.3) is 0 Å². The van der Waals surface area contributed by atoms with Crippen LogP contribution in [0.1, 0.15) is 67.3 Å². The Morgan fingerprint density at radius 2 is 1.65 bits per heavy atom. The summed E-state index contributed by atoms with van der Waals surface area (Å²) < 4.78 is 9.71. The number of unbranched alkanes of at least 4 members (excludes halogenated alkanes) is 7. The molecule has 0 unspecified atom stereocenters. The van der Waals surface area contributed by atoms with E-state index in [1.807, 2.05) is 6.07 Å². The van der Waals surface area contributed by atoms with Crippen LogP contribution >= 0.6 is 0 Å². The third-order valence-corrected chi connectivity index (χ3v) is 4.09. The number of ether oxygens (including phenoxy) is 2. The molecule has 0 saturated heterocycles. The summed E-state index contributed by atoms with van der Waals surface area (Å²) in [4.78, 5) is 23.4. The van der Waals surface area contributed by atoms with E-state index < -0.39 is 5.97 Å². The average Bonchev–Trinajstić information content (AvgIpc) is 2.65. The van der Waals surface area contributed by atoms with Gasteiger partial charge in [0, 0.05) is 26.6 Å². The number of hydrogen-bond acceptors (Lipinski definition) is 4. The topological polar surface area (TPSA) is 52.6 Å². The zero-order valence-corrected chi connectivity index (χ0v) is 16.0. The molecule has 0 aliphatic heterocycles. The summed E-state index contributed by atoms with van der Waals surface area (Å²) in [5, 5.41) is 0. The molecule has 4 heteroatoms. The Hall–Kier alpha value is -2.12. The molecule has 0 bridgehead atoms. The molecule has 0 aliphatic carbocycles. The highest BCUT2D eigenvalue weighted by Crippen LogP contribution is 2.09. The first kappa shape index (κ1) is 21.9. The largest absolute Gasteiger partial charge is 0.465 e. The van der Waals surface area contributed by atoms with Crippen molar-refractivity contribution in [2.75, 3.05) is 20.8 Å². The third kappa shape index (κ3) is 10.0. The maximum atomic E-state index is 11.9. The molecule has 0 amide bonds. The molecule has 0 spiro atoms. The van der Waals surface area contributed by atoms with Crippen LogP contribution in [0, 0.1) is 11.8 Å². The van der Waals surface area contributed by atoms with Crippen LogP contribution in [0.4, 0.5) is 0 Å². The van der Waals surface area contributed by atoms with E-state index in [0.29, 0.717) is 5.56 Å². The predicted octanol–water partition coefficient (Wildman–Crippen LogP) is 4.36. The summed E-state index contributed by atoms with van der Waals surface area (Å²) in [5.74, 6) is 5.15. The first-order valence-corrected chi connectivity index (χ1v) is 9.35. The number of carbonyl (C=O) groups is 2. The second-order valence-electron chi connectivity index (χ2n) is 6.31. The van der Waals surface area contributed by atoms with Gasteiger partial charge in [0.05, 0.1) is 12.7 Å². The molecule has 1 aromatic carbocycles. The predicted molar refractivity (Wildman–Crippen MR) is 103 cm³/mol. The number of hydrogen-bond donors (Lipinski definition) is 0. The number of Topliss-reactive ketones (excluding diaryl/α,β-unsaturated/α-hetero) is 1. The van der Waals surface area contributed by atoms with Gasteiger partial charge in [-0.15, -0.1) is 0 Å². The molecule has 0 fully saturated rings. The molecule has 26 heavy (non-hydrogen) atoms. The van der Waals surface area contributed by atoms with Gasteiger partial charge in [-0.25, -0.2) is 4.79 Å². The summed E-state index contributed by atoms with van der Waals surface area (Å²) in [6.07, 6.45) is 9.31. The summed E-state index contributed by atoms with van der Waals surface area (Å²) >= 11 is 0. The van der Waals surface area contributed by atoms with Crippen LogP contribution in [0.5, 0.6) is 0 Å². The van der Waals surface area contributed by atoms with Crippen LogP contribution in [0.2, 0.25) is 0 Å². The maximum Gasteiger partial charge on any atom is 0.337 e. The molecule has 0 N–H and O–H groups in total. The Morgan fingerprint density at radius 3 is 2.35 bits per heavy atom. The van der Waals surface area contributed by atoms with E-state index in [4.69, 9.17) is 4.74 Å². The molecule has 0 saturated carbocycles. The Labute approximate surface area is 157 Å². The standard InChI is InChI=1S/C22H30O4/c1-25-16-11-9-7-5-3-4-6-8-10-15-21(23)18-19-13-12-14-20(17-19)22(24)26-2/h12-14,17H,3-9,11,16,18H2,1-2H3. The van der Waals surface area contributed by atoms with Gasteiger partial charge >= 0.3 is 5.97 Å². The zero-order chi connectivity index (χ0) is 19.0. The van der Waals surface area contributed by atoms with Gasteiger partial charge in [-0.05, 0) is 36.5 Å². The number of esters is 1. The van der Waals surface area contributed by atoms with E-state index >= 15 is 0 Å². The van der Waals surface area contributed by atoms with Crippen LogP contribution in [-0.4, -0.2) is 32.6 Å². The molecule has 0 heterocycles. The molecule has 0 aromatic heterocycles. The quantitative estimate of drug-likeness (QED) is 0.241. The lowest BCUT2D eigenvalue weighted by Crippen LogP contribution is -2.04. The van der Waals surface area contributed by atoms with Crippen LogP contribution in [0.25, 0.3) is 0 Å². The van der Waals surface area contributed by atoms with Gasteiger partial charge < -0.3 is 9.47 Å². The van der Waals surface area contributed by atoms with E-state index in [1.54, 1.807) is 25.3 Å². The van der Waals surface area contributed by atoms with E-state index in [1.165, 1.54) is 32.8 Å². The minimum Gasteiger partial charge on any atom is -0.465 e. The minimum atomic E-state index is -0.399. The van der Waals surface area contributed by atoms with E-state index in [0.717, 1.165) is 37.9 Å². The highest BCUT2D eigenvalue weighted by atomic mass is 16.5. The Balaban J connectivity index is 2.18. The van der Waals surface area contributed by atoms with E-state index in [2.05, 4.69) is 16.6 Å². The van der Waals surface area contributed by atoms with Crippen molar-refractivity contribution in [3.05, 3.63) is 35.4 Å². The van der Waals surface area contributed by atoms with Crippen molar-refractivity contribution in [3.8, 4) is 11.8 Å². The van der Waals surface area contributed by atoms with Crippen LogP contribution in [0.15, 0.2) is 24.3 Å². The van der Waals surface area contributed by atoms with Gasteiger partial charge in [0.15, 0.2) is 0 Å². The van der Waals surface area contributed by atoms with Crippen LogP contribution < -0.4 is 0 Å². The van der Waals surface area contributed by atoms with E-state index in [9.17, 15) is 9.59 Å². The SMILES string of the molecule is COCCCCCCCCCC#CC(=O)Cc1cccc(C(=O)OC)c1. The minimum absolute atomic E-state index is 0.120. The molecular weight excluding hydrogens is 328 g/mol. The second kappa shape index (κ2) is 14.1. The van der Waals surface area contributed by atoms with Crippen molar-refractivity contribution in [1.82, 2.24) is 0 Å². The molecule has 0 aliphatic rings. The van der Waals surface area contributed by atoms with Crippen molar-refractivity contribution in [2.24, 2.45) is 0 Å². The van der Waals surface area contributed by atoms with Crippen molar-refractivity contribution in [2.45, 2.75) is 57.8 Å². The molecule has 0 atom stereocenters. The van der Waals surface area contributed by atoms with Crippen LogP contribution in [-0.2, 0) is 20.7 Å². The van der Waals surface area contributed by atoms with Gasteiger partial charge in [-0.2, -0.15) is 0 Å². The Morgan fingerprint density at radius 1 is 0.962 bits per heavy atom. The smallest absolute Gasteiger partial charge is 0.337 e. The first-order chi connectivity index (χ1) is 12.7. The zero-order valence-electron chi connectivity index (χ0n) is 16.0. The number of carbonyl (C=O) groups excluding carboxylic acids is 2. The van der Waals surface area contributed by atoms with Gasteiger partial charge in [0.1, 0.15) is 0 Å². The van der Waals surface area contributed by atoms with Gasteiger partial charge in [-0.1, -0.05) is 50.2 Å². The fourth-order valence-electron chi connectivity index (χ4n) is 2.66. The summed E-state index contributed by atoms with van der Waals surface area (Å²) in [7, 11) is 3.08. The number of benzene rings is 1. The van der Waals surface area contributed by atoms with E-state index in [-0.39, 0.29) is 12.2 Å². The monoisotopic (exact) mass is 358 g/mol. The molecular formula is C22H30O4. The summed E-state index contributed by atoms with van der Waals surface area (Å²) in [6, 6.07) is 6.91.